The lowest BCUT2D eigenvalue weighted by molar-refractivity contribution is 0.443. The third-order valence-electron chi connectivity index (χ3n) is 2.94. The number of nitrogens with one attached hydrogen (secondary N) is 2. The highest BCUT2D eigenvalue weighted by Gasteiger charge is 2.28. The molecule has 6 nitrogen and oxygen atoms in total. The molecule has 7 heteroatoms. The van der Waals surface area contributed by atoms with E-state index in [1.54, 1.807) is 6.92 Å². The summed E-state index contributed by atoms with van der Waals surface area (Å²) in [4.78, 5) is 0.310. The summed E-state index contributed by atoms with van der Waals surface area (Å²) in [5, 5.41) is 10.1. The molecule has 0 saturated heterocycles. The Balaban J connectivity index is 3.15. The van der Waals surface area contributed by atoms with E-state index in [9.17, 15) is 8.42 Å². The van der Waals surface area contributed by atoms with E-state index >= 15 is 0 Å². The Hall–Kier alpha value is -0.920. The highest BCUT2D eigenvalue weighted by Crippen LogP contribution is 2.22. The maximum absolute atomic E-state index is 12.6. The van der Waals surface area contributed by atoms with Crippen molar-refractivity contribution in [1.29, 1.82) is 0 Å². The first-order valence-corrected chi connectivity index (χ1v) is 8.05. The molecule has 0 aliphatic carbocycles. The van der Waals surface area contributed by atoms with E-state index < -0.39 is 10.0 Å². The van der Waals surface area contributed by atoms with Crippen LogP contribution in [0.5, 0.6) is 0 Å². The van der Waals surface area contributed by atoms with E-state index in [-0.39, 0.29) is 6.04 Å². The molecule has 0 spiro atoms. The second-order valence-corrected chi connectivity index (χ2v) is 6.62. The van der Waals surface area contributed by atoms with Gasteiger partial charge in [0.2, 0.25) is 10.0 Å². The van der Waals surface area contributed by atoms with Gasteiger partial charge in [-0.25, -0.2) is 8.42 Å². The van der Waals surface area contributed by atoms with Crippen molar-refractivity contribution in [1.82, 2.24) is 19.8 Å². The minimum atomic E-state index is -3.47. The zero-order chi connectivity index (χ0) is 14.6. The number of H-pyrrole nitrogens is 1. The summed E-state index contributed by atoms with van der Waals surface area (Å²) < 4.78 is 26.6. The molecule has 0 atom stereocenters. The van der Waals surface area contributed by atoms with Crippen molar-refractivity contribution in [2.75, 3.05) is 13.1 Å². The van der Waals surface area contributed by atoms with Gasteiger partial charge in [0, 0.05) is 25.7 Å². The number of hydrogen-bond acceptors (Lipinski definition) is 4. The molecule has 19 heavy (non-hydrogen) atoms. The van der Waals surface area contributed by atoms with Crippen LogP contribution in [0, 0.1) is 6.92 Å². The highest BCUT2D eigenvalue weighted by molar-refractivity contribution is 7.89. The van der Waals surface area contributed by atoms with Crippen LogP contribution in [0.4, 0.5) is 0 Å². The summed E-state index contributed by atoms with van der Waals surface area (Å²) in [7, 11) is -3.47. The SMILES string of the molecule is CCN(CC)S(=O)(=O)c1c(CNC(C)C)n[nH]c1C. The standard InChI is InChI=1S/C12H24N4O2S/c1-6-16(7-2)19(17,18)12-10(5)14-15-11(12)8-13-9(3)4/h9,13H,6-8H2,1-5H3,(H,14,15). The van der Waals surface area contributed by atoms with Crippen LogP contribution in [0.25, 0.3) is 0 Å². The van der Waals surface area contributed by atoms with Gasteiger partial charge in [0.15, 0.2) is 0 Å². The van der Waals surface area contributed by atoms with Crippen molar-refractivity contribution in [2.24, 2.45) is 0 Å². The number of sulfonamides is 1. The molecule has 0 amide bonds. The normalized spacial score (nSPS) is 12.6. The van der Waals surface area contributed by atoms with Crippen molar-refractivity contribution in [3.8, 4) is 0 Å². The average Bonchev–Trinajstić information content (AvgIpc) is 2.69. The topological polar surface area (TPSA) is 78.1 Å². The van der Waals surface area contributed by atoms with Gasteiger partial charge in [-0.2, -0.15) is 9.40 Å². The lowest BCUT2D eigenvalue weighted by atomic mass is 10.3. The van der Waals surface area contributed by atoms with E-state index in [2.05, 4.69) is 15.5 Å². The largest absolute Gasteiger partial charge is 0.309 e. The quantitative estimate of drug-likeness (QED) is 0.791. The van der Waals surface area contributed by atoms with E-state index in [1.165, 1.54) is 4.31 Å². The van der Waals surface area contributed by atoms with Gasteiger partial charge in [-0.05, 0) is 6.92 Å². The predicted molar refractivity (Wildman–Crippen MR) is 75.4 cm³/mol. The maximum Gasteiger partial charge on any atom is 0.246 e. The molecule has 0 fully saturated rings. The fourth-order valence-corrected chi connectivity index (χ4v) is 3.71. The third kappa shape index (κ3) is 3.55. The van der Waals surface area contributed by atoms with Crippen LogP contribution in [-0.4, -0.2) is 42.1 Å². The molecular weight excluding hydrogens is 264 g/mol. The van der Waals surface area contributed by atoms with Gasteiger partial charge in [-0.15, -0.1) is 0 Å². The van der Waals surface area contributed by atoms with Gasteiger partial charge in [0.25, 0.3) is 0 Å². The molecule has 1 heterocycles. The number of rotatable bonds is 7. The lowest BCUT2D eigenvalue weighted by Crippen LogP contribution is -2.32. The van der Waals surface area contributed by atoms with Crippen LogP contribution in [0.3, 0.4) is 0 Å². The number of hydrogen-bond donors (Lipinski definition) is 2. The van der Waals surface area contributed by atoms with Crippen LogP contribution in [-0.2, 0) is 16.6 Å². The molecule has 110 valence electrons. The summed E-state index contributed by atoms with van der Waals surface area (Å²) >= 11 is 0. The summed E-state index contributed by atoms with van der Waals surface area (Å²) in [6.07, 6.45) is 0. The van der Waals surface area contributed by atoms with Crippen LogP contribution in [0.2, 0.25) is 0 Å². The minimum Gasteiger partial charge on any atom is -0.309 e. The van der Waals surface area contributed by atoms with Gasteiger partial charge in [-0.1, -0.05) is 27.7 Å². The van der Waals surface area contributed by atoms with Crippen LogP contribution < -0.4 is 5.32 Å². The second-order valence-electron chi connectivity index (χ2n) is 4.75. The Morgan fingerprint density at radius 3 is 2.37 bits per heavy atom. The van der Waals surface area contributed by atoms with Crippen molar-refractivity contribution in [2.45, 2.75) is 52.1 Å². The second kappa shape index (κ2) is 6.49. The molecule has 0 bridgehead atoms. The molecule has 0 unspecified atom stereocenters. The fourth-order valence-electron chi connectivity index (χ4n) is 1.92. The number of aromatic nitrogens is 2. The minimum absolute atomic E-state index is 0.279. The summed E-state index contributed by atoms with van der Waals surface area (Å²) in [6, 6.07) is 0.279. The van der Waals surface area contributed by atoms with Crippen molar-refractivity contribution in [3.05, 3.63) is 11.4 Å². The Kier molecular flexibility index (Phi) is 5.51. The van der Waals surface area contributed by atoms with Crippen molar-refractivity contribution in [3.63, 3.8) is 0 Å². The zero-order valence-corrected chi connectivity index (χ0v) is 13.1. The molecule has 2 N–H and O–H groups in total. The van der Waals surface area contributed by atoms with Gasteiger partial charge < -0.3 is 5.32 Å². The lowest BCUT2D eigenvalue weighted by Gasteiger charge is -2.19. The number of aryl methyl sites for hydroxylation is 1. The summed E-state index contributed by atoms with van der Waals surface area (Å²) in [6.45, 7) is 10.8. The summed E-state index contributed by atoms with van der Waals surface area (Å²) in [5.41, 5.74) is 1.14. The van der Waals surface area contributed by atoms with E-state index in [1.807, 2.05) is 27.7 Å². The van der Waals surface area contributed by atoms with Crippen molar-refractivity contribution >= 4 is 10.0 Å². The highest BCUT2D eigenvalue weighted by atomic mass is 32.2. The Morgan fingerprint density at radius 2 is 1.89 bits per heavy atom. The van der Waals surface area contributed by atoms with E-state index in [4.69, 9.17) is 0 Å². The first-order chi connectivity index (χ1) is 8.84. The van der Waals surface area contributed by atoms with Gasteiger partial charge >= 0.3 is 0 Å². The number of aromatic amines is 1. The van der Waals surface area contributed by atoms with E-state index in [0.29, 0.717) is 35.9 Å². The zero-order valence-electron chi connectivity index (χ0n) is 12.3. The molecule has 0 aliphatic rings. The molecule has 1 aromatic heterocycles. The maximum atomic E-state index is 12.6. The van der Waals surface area contributed by atoms with Crippen LogP contribution in [0.15, 0.2) is 4.90 Å². The van der Waals surface area contributed by atoms with Crippen molar-refractivity contribution < 1.29 is 8.42 Å². The van der Waals surface area contributed by atoms with Gasteiger partial charge in [0.05, 0.1) is 11.4 Å². The fraction of sp³-hybridized carbons (Fsp3) is 0.750. The molecule has 0 saturated carbocycles. The molecule has 0 aliphatic heterocycles. The number of nitrogens with zero attached hydrogens (tertiary/aromatic N) is 2. The monoisotopic (exact) mass is 288 g/mol. The first-order valence-electron chi connectivity index (χ1n) is 6.61. The molecule has 1 rings (SSSR count). The van der Waals surface area contributed by atoms with Crippen LogP contribution in [0.1, 0.15) is 39.1 Å². The average molecular weight is 288 g/mol. The molecule has 0 radical (unpaired) electrons. The molecular formula is C12H24N4O2S. The molecule has 1 aromatic rings. The predicted octanol–water partition coefficient (Wildman–Crippen LogP) is 1.25. The van der Waals surface area contributed by atoms with E-state index in [0.717, 1.165) is 0 Å². The van der Waals surface area contributed by atoms with Gasteiger partial charge in [0.1, 0.15) is 4.90 Å². The Morgan fingerprint density at radius 1 is 1.32 bits per heavy atom. The van der Waals surface area contributed by atoms with Gasteiger partial charge in [-0.3, -0.25) is 5.10 Å². The first kappa shape index (κ1) is 16.1. The Bertz CT molecular complexity index is 504. The third-order valence-corrected chi connectivity index (χ3v) is 5.20. The smallest absolute Gasteiger partial charge is 0.246 e. The molecule has 0 aromatic carbocycles. The Labute approximate surface area is 115 Å². The van der Waals surface area contributed by atoms with Crippen LogP contribution >= 0.6 is 0 Å². The summed E-state index contributed by atoms with van der Waals surface area (Å²) in [5.74, 6) is 0.